The zero-order chi connectivity index (χ0) is 20.3. The fourth-order valence-electron chi connectivity index (χ4n) is 3.09. The number of thiazole rings is 1. The Bertz CT molecular complexity index is 891. The van der Waals surface area contributed by atoms with Gasteiger partial charge >= 0.3 is 5.97 Å². The van der Waals surface area contributed by atoms with Crippen molar-refractivity contribution in [2.75, 3.05) is 23.4 Å². The van der Waals surface area contributed by atoms with Crippen molar-refractivity contribution < 1.29 is 19.1 Å². The second kappa shape index (κ2) is 8.52. The number of hydrogen-bond acceptors (Lipinski definition) is 6. The van der Waals surface area contributed by atoms with E-state index in [-0.39, 0.29) is 24.8 Å². The summed E-state index contributed by atoms with van der Waals surface area (Å²) >= 11 is 1.08. The fraction of sp³-hybridized carbons (Fsp3) is 0.400. The summed E-state index contributed by atoms with van der Waals surface area (Å²) in [5, 5.41) is 3.07. The topological polar surface area (TPSA) is 88.6 Å². The smallest absolute Gasteiger partial charge is 0.350 e. The lowest BCUT2D eigenvalue weighted by atomic mass is 10.1. The first-order valence-corrected chi connectivity index (χ1v) is 10.1. The Morgan fingerprint density at radius 2 is 2.00 bits per heavy atom. The molecule has 1 aromatic carbocycles. The van der Waals surface area contributed by atoms with E-state index in [1.807, 2.05) is 24.3 Å². The summed E-state index contributed by atoms with van der Waals surface area (Å²) in [5.41, 5.74) is 2.51. The SMILES string of the molecule is CCOC(=O)c1sc(NC(=O)[C@H]2CC(=O)N(c3ccc(CC)cc3)C2)nc1C. The Hall–Kier alpha value is -2.74. The molecular formula is C20H23N3O4S. The average Bonchev–Trinajstić information content (AvgIpc) is 3.24. The minimum Gasteiger partial charge on any atom is -0.462 e. The predicted molar refractivity (Wildman–Crippen MR) is 108 cm³/mol. The summed E-state index contributed by atoms with van der Waals surface area (Å²) in [6.45, 7) is 6.10. The number of amides is 2. The standard InChI is InChI=1S/C20H23N3O4S/c1-4-13-6-8-15(9-7-13)23-11-14(10-16(23)24)18(25)22-20-21-12(3)17(28-20)19(26)27-5-2/h6-9,14H,4-5,10-11H2,1-3H3,(H,21,22,25)/t14-/m0/s1. The Morgan fingerprint density at radius 3 is 2.64 bits per heavy atom. The molecule has 0 radical (unpaired) electrons. The summed E-state index contributed by atoms with van der Waals surface area (Å²) < 4.78 is 4.99. The molecule has 1 aliphatic heterocycles. The quantitative estimate of drug-likeness (QED) is 0.751. The molecule has 2 heterocycles. The molecule has 0 unspecified atom stereocenters. The first-order chi connectivity index (χ1) is 13.4. The number of rotatable bonds is 6. The van der Waals surface area contributed by atoms with Crippen molar-refractivity contribution in [3.8, 4) is 0 Å². The van der Waals surface area contributed by atoms with Crippen molar-refractivity contribution in [2.24, 2.45) is 5.92 Å². The maximum atomic E-state index is 12.6. The lowest BCUT2D eigenvalue weighted by molar-refractivity contribution is -0.122. The van der Waals surface area contributed by atoms with Crippen molar-refractivity contribution in [3.63, 3.8) is 0 Å². The summed E-state index contributed by atoms with van der Waals surface area (Å²) in [6, 6.07) is 7.80. The van der Waals surface area contributed by atoms with Crippen LogP contribution in [0.4, 0.5) is 10.8 Å². The van der Waals surface area contributed by atoms with Gasteiger partial charge in [-0.3, -0.25) is 9.59 Å². The molecule has 2 amide bonds. The van der Waals surface area contributed by atoms with E-state index in [2.05, 4.69) is 17.2 Å². The molecule has 1 aliphatic rings. The fourth-order valence-corrected chi connectivity index (χ4v) is 3.95. The van der Waals surface area contributed by atoms with Crippen LogP contribution in [-0.2, 0) is 20.7 Å². The van der Waals surface area contributed by atoms with Crippen LogP contribution in [0.1, 0.15) is 41.2 Å². The molecule has 3 rings (SSSR count). The third-order valence-corrected chi connectivity index (χ3v) is 5.69. The number of esters is 1. The highest BCUT2D eigenvalue weighted by molar-refractivity contribution is 7.17. The van der Waals surface area contributed by atoms with E-state index in [0.717, 1.165) is 23.4 Å². The highest BCUT2D eigenvalue weighted by Crippen LogP contribution is 2.28. The van der Waals surface area contributed by atoms with E-state index in [1.54, 1.807) is 18.7 Å². The number of benzene rings is 1. The largest absolute Gasteiger partial charge is 0.462 e. The van der Waals surface area contributed by atoms with Crippen LogP contribution in [0, 0.1) is 12.8 Å². The van der Waals surface area contributed by atoms with E-state index in [0.29, 0.717) is 22.2 Å². The second-order valence-corrected chi connectivity index (χ2v) is 7.57. The van der Waals surface area contributed by atoms with E-state index in [4.69, 9.17) is 4.74 Å². The first-order valence-electron chi connectivity index (χ1n) is 9.27. The first kappa shape index (κ1) is 20.0. The van der Waals surface area contributed by atoms with Crippen LogP contribution in [0.25, 0.3) is 0 Å². The van der Waals surface area contributed by atoms with Gasteiger partial charge in [0.2, 0.25) is 11.8 Å². The van der Waals surface area contributed by atoms with Crippen molar-refractivity contribution >= 4 is 39.9 Å². The summed E-state index contributed by atoms with van der Waals surface area (Å²) in [4.78, 5) is 43.1. The number of carbonyl (C=O) groups excluding carboxylic acids is 3. The van der Waals surface area contributed by atoms with Crippen LogP contribution in [0.2, 0.25) is 0 Å². The number of aryl methyl sites for hydroxylation is 2. The maximum absolute atomic E-state index is 12.6. The van der Waals surface area contributed by atoms with Gasteiger partial charge in [0.05, 0.1) is 18.2 Å². The molecule has 148 valence electrons. The van der Waals surface area contributed by atoms with Gasteiger partial charge in [-0.1, -0.05) is 30.4 Å². The number of carbonyl (C=O) groups is 3. The van der Waals surface area contributed by atoms with E-state index >= 15 is 0 Å². The zero-order valence-electron chi connectivity index (χ0n) is 16.2. The molecule has 0 aliphatic carbocycles. The van der Waals surface area contributed by atoms with Gasteiger partial charge in [-0.15, -0.1) is 0 Å². The van der Waals surface area contributed by atoms with Crippen LogP contribution in [0.3, 0.4) is 0 Å². The Kier molecular flexibility index (Phi) is 6.08. The molecule has 1 N–H and O–H groups in total. The molecule has 1 atom stereocenters. The molecular weight excluding hydrogens is 378 g/mol. The van der Waals surface area contributed by atoms with Gasteiger partial charge in [-0.25, -0.2) is 9.78 Å². The number of anilines is 2. The van der Waals surface area contributed by atoms with Gasteiger partial charge < -0.3 is 15.0 Å². The van der Waals surface area contributed by atoms with Crippen LogP contribution >= 0.6 is 11.3 Å². The zero-order valence-corrected chi connectivity index (χ0v) is 17.0. The minimum absolute atomic E-state index is 0.0769. The number of nitrogens with zero attached hydrogens (tertiary/aromatic N) is 2. The Morgan fingerprint density at radius 1 is 1.29 bits per heavy atom. The van der Waals surface area contributed by atoms with Gasteiger partial charge in [-0.05, 0) is 38.0 Å². The number of aromatic nitrogens is 1. The maximum Gasteiger partial charge on any atom is 0.350 e. The molecule has 1 saturated heterocycles. The number of nitrogens with one attached hydrogen (secondary N) is 1. The van der Waals surface area contributed by atoms with Crippen molar-refractivity contribution in [2.45, 2.75) is 33.6 Å². The van der Waals surface area contributed by atoms with Gasteiger partial charge in [0, 0.05) is 18.7 Å². The molecule has 0 spiro atoms. The summed E-state index contributed by atoms with van der Waals surface area (Å²) in [7, 11) is 0. The van der Waals surface area contributed by atoms with Gasteiger partial charge in [0.15, 0.2) is 5.13 Å². The molecule has 0 bridgehead atoms. The lowest BCUT2D eigenvalue weighted by Gasteiger charge is -2.17. The number of hydrogen-bond donors (Lipinski definition) is 1. The van der Waals surface area contributed by atoms with Gasteiger partial charge in [0.1, 0.15) is 4.88 Å². The third kappa shape index (κ3) is 4.22. The monoisotopic (exact) mass is 401 g/mol. The lowest BCUT2D eigenvalue weighted by Crippen LogP contribution is -2.28. The second-order valence-electron chi connectivity index (χ2n) is 6.57. The van der Waals surface area contributed by atoms with Crippen LogP contribution in [0.5, 0.6) is 0 Å². The summed E-state index contributed by atoms with van der Waals surface area (Å²) in [6.07, 6.45) is 1.08. The average molecular weight is 401 g/mol. The van der Waals surface area contributed by atoms with Crippen LogP contribution < -0.4 is 10.2 Å². The minimum atomic E-state index is -0.464. The molecule has 8 heteroatoms. The molecule has 1 fully saturated rings. The van der Waals surface area contributed by atoms with E-state index in [9.17, 15) is 14.4 Å². The van der Waals surface area contributed by atoms with E-state index in [1.165, 1.54) is 5.56 Å². The third-order valence-electron chi connectivity index (χ3n) is 4.64. The predicted octanol–water partition coefficient (Wildman–Crippen LogP) is 3.18. The van der Waals surface area contributed by atoms with Crippen molar-refractivity contribution in [3.05, 3.63) is 40.4 Å². The molecule has 0 saturated carbocycles. The van der Waals surface area contributed by atoms with Crippen molar-refractivity contribution in [1.82, 2.24) is 4.98 Å². The highest BCUT2D eigenvalue weighted by Gasteiger charge is 2.35. The Labute approximate surface area is 167 Å². The molecule has 28 heavy (non-hydrogen) atoms. The normalized spacial score (nSPS) is 16.3. The highest BCUT2D eigenvalue weighted by atomic mass is 32.1. The molecule has 7 nitrogen and oxygen atoms in total. The van der Waals surface area contributed by atoms with Gasteiger partial charge in [0.25, 0.3) is 0 Å². The van der Waals surface area contributed by atoms with Crippen LogP contribution in [-0.4, -0.2) is 35.9 Å². The summed E-state index contributed by atoms with van der Waals surface area (Å²) in [5.74, 6) is -1.26. The molecule has 1 aromatic heterocycles. The Balaban J connectivity index is 1.66. The van der Waals surface area contributed by atoms with Crippen molar-refractivity contribution in [1.29, 1.82) is 0 Å². The van der Waals surface area contributed by atoms with Gasteiger partial charge in [-0.2, -0.15) is 0 Å². The van der Waals surface area contributed by atoms with Crippen LogP contribution in [0.15, 0.2) is 24.3 Å². The van der Waals surface area contributed by atoms with E-state index < -0.39 is 11.9 Å². The number of ether oxygens (including phenoxy) is 1. The molecule has 2 aromatic rings.